The van der Waals surface area contributed by atoms with Crippen LogP contribution in [0.25, 0.3) is 22.7 Å². The number of hydrogen-bond donors (Lipinski definition) is 0. The molecule has 0 unspecified atom stereocenters. The maximum Gasteiger partial charge on any atom is 0.247 e. The van der Waals surface area contributed by atoms with Gasteiger partial charge in [0.2, 0.25) is 11.6 Å². The summed E-state index contributed by atoms with van der Waals surface area (Å²) < 4.78 is 5.64. The predicted molar refractivity (Wildman–Crippen MR) is 64.5 cm³/mol. The van der Waals surface area contributed by atoms with Gasteiger partial charge in [0.1, 0.15) is 5.52 Å². The molecule has 4 nitrogen and oxygen atoms in total. The summed E-state index contributed by atoms with van der Waals surface area (Å²) in [6.07, 6.45) is 5.30. The molecule has 0 fully saturated rings. The van der Waals surface area contributed by atoms with Crippen LogP contribution in [0.1, 0.15) is 11.1 Å². The second-order valence-electron chi connectivity index (χ2n) is 4.05. The number of aryl methyl sites for hydroxylation is 2. The van der Waals surface area contributed by atoms with Crippen LogP contribution in [-0.2, 0) is 0 Å². The number of fused-ring (bicyclic) bond motifs is 1. The van der Waals surface area contributed by atoms with Gasteiger partial charge in [0.05, 0.1) is 0 Å². The van der Waals surface area contributed by atoms with Gasteiger partial charge in [-0.2, -0.15) is 0 Å². The van der Waals surface area contributed by atoms with Crippen molar-refractivity contribution in [3.63, 3.8) is 0 Å². The lowest BCUT2D eigenvalue weighted by atomic mass is 10.1. The highest BCUT2D eigenvalue weighted by atomic mass is 16.4. The highest BCUT2D eigenvalue weighted by molar-refractivity contribution is 5.73. The van der Waals surface area contributed by atoms with Gasteiger partial charge in [-0.05, 0) is 37.1 Å². The Labute approximate surface area is 98.4 Å². The summed E-state index contributed by atoms with van der Waals surface area (Å²) in [5, 5.41) is 0. The van der Waals surface area contributed by atoms with E-state index in [0.29, 0.717) is 11.6 Å². The number of rotatable bonds is 1. The highest BCUT2D eigenvalue weighted by Gasteiger charge is 2.10. The molecule has 0 N–H and O–H groups in total. The number of pyridine rings is 2. The molecule has 0 amide bonds. The smallest absolute Gasteiger partial charge is 0.247 e. The summed E-state index contributed by atoms with van der Waals surface area (Å²) in [7, 11) is 0. The molecule has 0 saturated carbocycles. The summed E-state index contributed by atoms with van der Waals surface area (Å²) in [6, 6.07) is 3.86. The number of nitrogens with zero attached hydrogens (tertiary/aromatic N) is 3. The molecule has 0 aromatic carbocycles. The van der Waals surface area contributed by atoms with Crippen molar-refractivity contribution in [1.82, 2.24) is 15.0 Å². The zero-order valence-electron chi connectivity index (χ0n) is 9.64. The lowest BCUT2D eigenvalue weighted by Crippen LogP contribution is -1.83. The van der Waals surface area contributed by atoms with E-state index in [4.69, 9.17) is 4.42 Å². The quantitative estimate of drug-likeness (QED) is 0.639. The summed E-state index contributed by atoms with van der Waals surface area (Å²) >= 11 is 0. The highest BCUT2D eigenvalue weighted by Crippen LogP contribution is 2.25. The van der Waals surface area contributed by atoms with E-state index in [1.807, 2.05) is 26.0 Å². The van der Waals surface area contributed by atoms with E-state index >= 15 is 0 Å². The van der Waals surface area contributed by atoms with E-state index in [9.17, 15) is 0 Å². The molecular formula is C13H11N3O. The van der Waals surface area contributed by atoms with Gasteiger partial charge in [-0.15, -0.1) is 0 Å². The Hall–Kier alpha value is -2.23. The van der Waals surface area contributed by atoms with Gasteiger partial charge in [0.25, 0.3) is 0 Å². The monoisotopic (exact) mass is 225 g/mol. The Bertz CT molecular complexity index is 688. The molecule has 84 valence electrons. The van der Waals surface area contributed by atoms with E-state index in [1.54, 1.807) is 18.6 Å². The van der Waals surface area contributed by atoms with Crippen LogP contribution in [0.3, 0.4) is 0 Å². The third-order valence-corrected chi connectivity index (χ3v) is 2.63. The average Bonchev–Trinajstić information content (AvgIpc) is 2.72. The van der Waals surface area contributed by atoms with Gasteiger partial charge in [-0.25, -0.2) is 9.97 Å². The minimum atomic E-state index is 0.571. The van der Waals surface area contributed by atoms with E-state index in [0.717, 1.165) is 22.2 Å². The standard InChI is InChI=1S/C13H11N3O/c1-8-5-11-13(15-6-8)17-12(16-11)10-3-4-14-7-9(10)2/h3-7H,1-2H3. The van der Waals surface area contributed by atoms with Crippen molar-refractivity contribution in [3.05, 3.63) is 41.9 Å². The first kappa shape index (κ1) is 9.96. The molecular weight excluding hydrogens is 214 g/mol. The lowest BCUT2D eigenvalue weighted by Gasteiger charge is -1.97. The van der Waals surface area contributed by atoms with Crippen molar-refractivity contribution in [2.45, 2.75) is 13.8 Å². The minimum Gasteiger partial charge on any atom is -0.418 e. The summed E-state index contributed by atoms with van der Waals surface area (Å²) in [6.45, 7) is 3.97. The minimum absolute atomic E-state index is 0.571. The zero-order chi connectivity index (χ0) is 11.8. The van der Waals surface area contributed by atoms with E-state index < -0.39 is 0 Å². The third-order valence-electron chi connectivity index (χ3n) is 2.63. The summed E-state index contributed by atoms with van der Waals surface area (Å²) in [5.74, 6) is 0.595. The maximum absolute atomic E-state index is 5.64. The predicted octanol–water partition coefficient (Wildman–Crippen LogP) is 2.90. The normalized spacial score (nSPS) is 10.9. The first-order chi connectivity index (χ1) is 8.24. The number of oxazole rings is 1. The Morgan fingerprint density at radius 2 is 2.06 bits per heavy atom. The summed E-state index contributed by atoms with van der Waals surface area (Å²) in [5.41, 5.74) is 4.42. The molecule has 0 aliphatic heterocycles. The van der Waals surface area contributed by atoms with Crippen molar-refractivity contribution in [1.29, 1.82) is 0 Å². The first-order valence-corrected chi connectivity index (χ1v) is 5.38. The second-order valence-corrected chi connectivity index (χ2v) is 4.05. The van der Waals surface area contributed by atoms with Crippen LogP contribution >= 0.6 is 0 Å². The molecule has 0 aliphatic rings. The fraction of sp³-hybridized carbons (Fsp3) is 0.154. The van der Waals surface area contributed by atoms with Crippen LogP contribution in [0.2, 0.25) is 0 Å². The molecule has 0 aliphatic carbocycles. The fourth-order valence-corrected chi connectivity index (χ4v) is 1.75. The molecule has 3 aromatic rings. The van der Waals surface area contributed by atoms with Crippen molar-refractivity contribution in [2.75, 3.05) is 0 Å². The van der Waals surface area contributed by atoms with Gasteiger partial charge in [-0.1, -0.05) is 0 Å². The van der Waals surface area contributed by atoms with Crippen LogP contribution in [0, 0.1) is 13.8 Å². The third kappa shape index (κ3) is 1.67. The van der Waals surface area contributed by atoms with Crippen molar-refractivity contribution >= 4 is 11.2 Å². The zero-order valence-corrected chi connectivity index (χ0v) is 9.64. The number of hydrogen-bond acceptors (Lipinski definition) is 4. The Morgan fingerprint density at radius 3 is 2.88 bits per heavy atom. The number of aromatic nitrogens is 3. The van der Waals surface area contributed by atoms with Gasteiger partial charge < -0.3 is 4.42 Å². The Morgan fingerprint density at radius 1 is 1.18 bits per heavy atom. The van der Waals surface area contributed by atoms with Gasteiger partial charge >= 0.3 is 0 Å². The van der Waals surface area contributed by atoms with Crippen LogP contribution in [-0.4, -0.2) is 15.0 Å². The van der Waals surface area contributed by atoms with E-state index in [1.165, 1.54) is 0 Å². The Kier molecular flexibility index (Phi) is 2.14. The second kappa shape index (κ2) is 3.66. The van der Waals surface area contributed by atoms with Crippen LogP contribution < -0.4 is 0 Å². The Balaban J connectivity index is 2.22. The van der Waals surface area contributed by atoms with Crippen LogP contribution in [0.15, 0.2) is 35.1 Å². The molecule has 17 heavy (non-hydrogen) atoms. The van der Waals surface area contributed by atoms with Crippen molar-refractivity contribution < 1.29 is 4.42 Å². The van der Waals surface area contributed by atoms with Gasteiger partial charge in [-0.3, -0.25) is 4.98 Å². The molecule has 4 heteroatoms. The molecule has 3 heterocycles. The fourth-order valence-electron chi connectivity index (χ4n) is 1.75. The van der Waals surface area contributed by atoms with Crippen LogP contribution in [0.4, 0.5) is 0 Å². The molecule has 0 bridgehead atoms. The van der Waals surface area contributed by atoms with Crippen LogP contribution in [0.5, 0.6) is 0 Å². The van der Waals surface area contributed by atoms with E-state index in [2.05, 4.69) is 15.0 Å². The summed E-state index contributed by atoms with van der Waals surface area (Å²) in [4.78, 5) is 12.7. The largest absolute Gasteiger partial charge is 0.418 e. The molecule has 0 saturated heterocycles. The van der Waals surface area contributed by atoms with Gasteiger partial charge in [0, 0.05) is 24.2 Å². The lowest BCUT2D eigenvalue weighted by molar-refractivity contribution is 0.607. The van der Waals surface area contributed by atoms with Crippen molar-refractivity contribution in [3.8, 4) is 11.5 Å². The first-order valence-electron chi connectivity index (χ1n) is 5.38. The topological polar surface area (TPSA) is 51.8 Å². The van der Waals surface area contributed by atoms with Gasteiger partial charge in [0.15, 0.2) is 0 Å². The van der Waals surface area contributed by atoms with Crippen molar-refractivity contribution in [2.24, 2.45) is 0 Å². The molecule has 0 radical (unpaired) electrons. The maximum atomic E-state index is 5.64. The molecule has 0 atom stereocenters. The molecule has 0 spiro atoms. The molecule has 3 aromatic heterocycles. The SMILES string of the molecule is Cc1cnc2oc(-c3ccncc3C)nc2c1. The molecule has 3 rings (SSSR count). The average molecular weight is 225 g/mol. The van der Waals surface area contributed by atoms with E-state index in [-0.39, 0.29) is 0 Å².